The van der Waals surface area contributed by atoms with Crippen molar-refractivity contribution in [1.29, 1.82) is 0 Å². The summed E-state index contributed by atoms with van der Waals surface area (Å²) in [5, 5.41) is 3.21. The lowest BCUT2D eigenvalue weighted by Crippen LogP contribution is -2.37. The number of hydrogen-bond donors (Lipinski definition) is 1. The molecule has 0 radical (unpaired) electrons. The average molecular weight is 418 g/mol. The average Bonchev–Trinajstić information content (AvgIpc) is 2.77. The minimum absolute atomic E-state index is 0.0116. The standard InChI is InChI=1S/C24H27N5O2/c1-24(2)12-18(28-22(30)9-8-16-6-4-5-7-21(16)31-3)17-14-27-23(29-19(17)13-24)20-15-25-10-11-26-20/h4-7,10-11,14-15,18H,8-9,12-13H2,1-3H3,(H,28,30)/t18-/m0/s1. The quantitative estimate of drug-likeness (QED) is 0.658. The molecule has 7 nitrogen and oxygen atoms in total. The maximum atomic E-state index is 12.8. The van der Waals surface area contributed by atoms with Gasteiger partial charge in [0, 0.05) is 30.6 Å². The minimum atomic E-state index is -0.111. The summed E-state index contributed by atoms with van der Waals surface area (Å²) < 4.78 is 5.39. The number of carbonyl (C=O) groups is 1. The molecule has 7 heteroatoms. The van der Waals surface area contributed by atoms with Crippen LogP contribution in [-0.4, -0.2) is 33.0 Å². The highest BCUT2D eigenvalue weighted by molar-refractivity contribution is 5.77. The zero-order chi connectivity index (χ0) is 21.8. The zero-order valence-electron chi connectivity index (χ0n) is 18.1. The van der Waals surface area contributed by atoms with Gasteiger partial charge in [-0.15, -0.1) is 0 Å². The van der Waals surface area contributed by atoms with E-state index in [1.54, 1.807) is 25.7 Å². The van der Waals surface area contributed by atoms with E-state index in [1.807, 2.05) is 30.5 Å². The molecule has 2 heterocycles. The lowest BCUT2D eigenvalue weighted by Gasteiger charge is -2.36. The molecule has 4 rings (SSSR count). The number of benzene rings is 1. The van der Waals surface area contributed by atoms with E-state index in [-0.39, 0.29) is 17.4 Å². The molecular formula is C24H27N5O2. The summed E-state index contributed by atoms with van der Waals surface area (Å²) in [7, 11) is 1.65. The Hall–Kier alpha value is -3.35. The summed E-state index contributed by atoms with van der Waals surface area (Å²) in [5.74, 6) is 1.38. The lowest BCUT2D eigenvalue weighted by molar-refractivity contribution is -0.122. The van der Waals surface area contributed by atoms with Gasteiger partial charge in [0.05, 0.1) is 25.0 Å². The van der Waals surface area contributed by atoms with E-state index in [9.17, 15) is 4.79 Å². The molecule has 1 aliphatic carbocycles. The van der Waals surface area contributed by atoms with E-state index in [0.717, 1.165) is 35.4 Å². The van der Waals surface area contributed by atoms with Gasteiger partial charge in [0.2, 0.25) is 5.91 Å². The Balaban J connectivity index is 1.50. The van der Waals surface area contributed by atoms with Gasteiger partial charge in [-0.25, -0.2) is 15.0 Å². The molecule has 2 aromatic heterocycles. The van der Waals surface area contributed by atoms with Crippen molar-refractivity contribution >= 4 is 5.91 Å². The fourth-order valence-corrected chi connectivity index (χ4v) is 4.14. The molecule has 31 heavy (non-hydrogen) atoms. The van der Waals surface area contributed by atoms with E-state index in [2.05, 4.69) is 34.1 Å². The highest BCUT2D eigenvalue weighted by atomic mass is 16.5. The van der Waals surface area contributed by atoms with Crippen molar-refractivity contribution in [3.8, 4) is 17.3 Å². The number of methoxy groups -OCH3 is 1. The SMILES string of the molecule is COc1ccccc1CCC(=O)N[C@H]1CC(C)(C)Cc2nc(-c3cnccn3)ncc21. The lowest BCUT2D eigenvalue weighted by atomic mass is 9.74. The third kappa shape index (κ3) is 4.87. The van der Waals surface area contributed by atoms with Gasteiger partial charge in [0.15, 0.2) is 5.82 Å². The topological polar surface area (TPSA) is 89.9 Å². The third-order valence-electron chi connectivity index (χ3n) is 5.62. The molecule has 0 saturated carbocycles. The fourth-order valence-electron chi connectivity index (χ4n) is 4.14. The summed E-state index contributed by atoms with van der Waals surface area (Å²) in [5.41, 5.74) is 3.63. The van der Waals surface area contributed by atoms with E-state index < -0.39 is 0 Å². The second-order valence-electron chi connectivity index (χ2n) is 8.66. The summed E-state index contributed by atoms with van der Waals surface area (Å²) in [6, 6.07) is 7.69. The summed E-state index contributed by atoms with van der Waals surface area (Å²) >= 11 is 0. The van der Waals surface area contributed by atoms with Gasteiger partial charge < -0.3 is 10.1 Å². The Bertz CT molecular complexity index is 1070. The minimum Gasteiger partial charge on any atom is -0.496 e. The van der Waals surface area contributed by atoms with E-state index in [4.69, 9.17) is 9.72 Å². The number of para-hydroxylation sites is 1. The Morgan fingerprint density at radius 2 is 2.03 bits per heavy atom. The van der Waals surface area contributed by atoms with Gasteiger partial charge in [-0.3, -0.25) is 9.78 Å². The molecule has 1 atom stereocenters. The predicted molar refractivity (Wildman–Crippen MR) is 117 cm³/mol. The number of carbonyl (C=O) groups excluding carboxylic acids is 1. The number of amides is 1. The number of nitrogens with zero attached hydrogens (tertiary/aromatic N) is 4. The second kappa shape index (κ2) is 8.79. The van der Waals surface area contributed by atoms with Crippen LogP contribution in [0, 0.1) is 5.41 Å². The summed E-state index contributed by atoms with van der Waals surface area (Å²) in [6.45, 7) is 4.40. The van der Waals surface area contributed by atoms with Crippen LogP contribution in [0.3, 0.4) is 0 Å². The number of fused-ring (bicyclic) bond motifs is 1. The molecule has 0 fully saturated rings. The number of aryl methyl sites for hydroxylation is 1. The van der Waals surface area contributed by atoms with Crippen molar-refractivity contribution in [2.45, 2.75) is 45.6 Å². The number of nitrogens with one attached hydrogen (secondary N) is 1. The van der Waals surface area contributed by atoms with Crippen molar-refractivity contribution < 1.29 is 9.53 Å². The first-order valence-electron chi connectivity index (χ1n) is 10.5. The molecule has 0 bridgehead atoms. The van der Waals surface area contributed by atoms with Crippen molar-refractivity contribution in [3.05, 3.63) is 65.9 Å². The van der Waals surface area contributed by atoms with Gasteiger partial charge in [-0.2, -0.15) is 0 Å². The highest BCUT2D eigenvalue weighted by Crippen LogP contribution is 2.40. The molecule has 3 aromatic rings. The van der Waals surface area contributed by atoms with Crippen molar-refractivity contribution in [3.63, 3.8) is 0 Å². The molecule has 0 spiro atoms. The number of hydrogen-bond acceptors (Lipinski definition) is 6. The number of rotatable bonds is 6. The maximum Gasteiger partial charge on any atom is 0.220 e. The largest absolute Gasteiger partial charge is 0.496 e. The molecule has 1 amide bonds. The second-order valence-corrected chi connectivity index (χ2v) is 8.66. The fraction of sp³-hybridized carbons (Fsp3) is 0.375. The molecular weight excluding hydrogens is 390 g/mol. The predicted octanol–water partition coefficient (Wildman–Crippen LogP) is 3.70. The first-order valence-corrected chi connectivity index (χ1v) is 10.5. The van der Waals surface area contributed by atoms with Gasteiger partial charge in [-0.1, -0.05) is 32.0 Å². The summed E-state index contributed by atoms with van der Waals surface area (Å²) in [4.78, 5) is 30.5. The molecule has 0 unspecified atom stereocenters. The number of ether oxygens (including phenoxy) is 1. The van der Waals surface area contributed by atoms with E-state index in [0.29, 0.717) is 24.4 Å². The van der Waals surface area contributed by atoms with Crippen LogP contribution >= 0.6 is 0 Å². The Labute approximate surface area is 182 Å². The maximum absolute atomic E-state index is 12.8. The van der Waals surface area contributed by atoms with Gasteiger partial charge in [0.1, 0.15) is 11.4 Å². The van der Waals surface area contributed by atoms with Crippen LogP contribution in [0.1, 0.15) is 49.6 Å². The molecule has 1 aliphatic rings. The van der Waals surface area contributed by atoms with Gasteiger partial charge in [0.25, 0.3) is 0 Å². The first-order chi connectivity index (χ1) is 14.9. The van der Waals surface area contributed by atoms with Crippen LogP contribution in [-0.2, 0) is 17.6 Å². The first kappa shape index (κ1) is 20.9. The van der Waals surface area contributed by atoms with Crippen molar-refractivity contribution in [2.75, 3.05) is 7.11 Å². The Morgan fingerprint density at radius 1 is 1.19 bits per heavy atom. The van der Waals surface area contributed by atoms with Crippen molar-refractivity contribution in [2.24, 2.45) is 5.41 Å². The number of aromatic nitrogens is 4. The molecule has 160 valence electrons. The normalized spacial score (nSPS) is 16.9. The third-order valence-corrected chi connectivity index (χ3v) is 5.62. The van der Waals surface area contributed by atoms with Gasteiger partial charge >= 0.3 is 0 Å². The Kier molecular flexibility index (Phi) is 5.93. The molecule has 0 saturated heterocycles. The Morgan fingerprint density at radius 3 is 2.81 bits per heavy atom. The van der Waals surface area contributed by atoms with Crippen molar-refractivity contribution in [1.82, 2.24) is 25.3 Å². The zero-order valence-corrected chi connectivity index (χ0v) is 18.1. The van der Waals surface area contributed by atoms with Crippen LogP contribution < -0.4 is 10.1 Å². The van der Waals surface area contributed by atoms with Crippen LogP contribution in [0.5, 0.6) is 5.75 Å². The molecule has 1 N–H and O–H groups in total. The molecule has 1 aromatic carbocycles. The smallest absolute Gasteiger partial charge is 0.220 e. The highest BCUT2D eigenvalue weighted by Gasteiger charge is 2.34. The summed E-state index contributed by atoms with van der Waals surface area (Å²) in [6.07, 6.45) is 9.43. The van der Waals surface area contributed by atoms with Gasteiger partial charge in [-0.05, 0) is 36.3 Å². The van der Waals surface area contributed by atoms with E-state index in [1.165, 1.54) is 0 Å². The van der Waals surface area contributed by atoms with Crippen LogP contribution in [0.25, 0.3) is 11.5 Å². The van der Waals surface area contributed by atoms with Crippen LogP contribution in [0.4, 0.5) is 0 Å². The van der Waals surface area contributed by atoms with Crippen LogP contribution in [0.15, 0.2) is 49.1 Å². The monoisotopic (exact) mass is 417 g/mol. The van der Waals surface area contributed by atoms with Crippen LogP contribution in [0.2, 0.25) is 0 Å². The molecule has 0 aliphatic heterocycles. The van der Waals surface area contributed by atoms with E-state index >= 15 is 0 Å².